The molecule has 0 heterocycles. The van der Waals surface area contributed by atoms with Gasteiger partial charge in [0.2, 0.25) is 0 Å². The minimum absolute atomic E-state index is 0.0248. The molecule has 0 spiro atoms. The fourth-order valence-electron chi connectivity index (χ4n) is 2.67. The molecule has 0 aliphatic heterocycles. The summed E-state index contributed by atoms with van der Waals surface area (Å²) in [5, 5.41) is 13.9. The van der Waals surface area contributed by atoms with Crippen molar-refractivity contribution in [2.75, 3.05) is 7.11 Å². The number of hydrogen-bond acceptors (Lipinski definition) is 5. The van der Waals surface area contributed by atoms with Crippen LogP contribution in [-0.4, -0.2) is 23.9 Å². The molecule has 2 aromatic rings. The van der Waals surface area contributed by atoms with E-state index in [2.05, 4.69) is 10.1 Å². The molecular formula is C19H20N2O5. The molecule has 0 aliphatic carbocycles. The van der Waals surface area contributed by atoms with Crippen LogP contribution in [0.5, 0.6) is 0 Å². The normalized spacial score (nSPS) is 11.5. The zero-order valence-corrected chi connectivity index (χ0v) is 15.0. The average molecular weight is 356 g/mol. The van der Waals surface area contributed by atoms with E-state index in [-0.39, 0.29) is 22.9 Å². The number of rotatable bonds is 5. The molecule has 1 N–H and O–H groups in total. The second-order valence-electron chi connectivity index (χ2n) is 6.07. The highest BCUT2D eigenvalue weighted by Crippen LogP contribution is 2.21. The van der Waals surface area contributed by atoms with Gasteiger partial charge in [0.15, 0.2) is 0 Å². The van der Waals surface area contributed by atoms with Crippen LogP contribution in [0.1, 0.15) is 50.4 Å². The molecule has 0 fully saturated rings. The molecule has 136 valence electrons. The maximum Gasteiger partial charge on any atom is 0.338 e. The Hall–Kier alpha value is -3.22. The number of ether oxygens (including phenoxy) is 1. The number of methoxy groups -OCH3 is 1. The van der Waals surface area contributed by atoms with Crippen molar-refractivity contribution < 1.29 is 19.2 Å². The van der Waals surface area contributed by atoms with E-state index >= 15 is 0 Å². The van der Waals surface area contributed by atoms with Gasteiger partial charge in [-0.15, -0.1) is 0 Å². The highest BCUT2D eigenvalue weighted by Gasteiger charge is 2.20. The van der Waals surface area contributed by atoms with Gasteiger partial charge in [0.05, 0.1) is 23.6 Å². The van der Waals surface area contributed by atoms with E-state index < -0.39 is 16.8 Å². The summed E-state index contributed by atoms with van der Waals surface area (Å²) in [7, 11) is 1.17. The van der Waals surface area contributed by atoms with Gasteiger partial charge in [0, 0.05) is 17.7 Å². The first-order valence-corrected chi connectivity index (χ1v) is 7.98. The van der Waals surface area contributed by atoms with Gasteiger partial charge in [-0.2, -0.15) is 0 Å². The molecule has 2 aromatic carbocycles. The number of carbonyl (C=O) groups excluding carboxylic acids is 2. The molecule has 1 unspecified atom stereocenters. The molecule has 2 rings (SSSR count). The molecule has 1 atom stereocenters. The molecular weight excluding hydrogens is 336 g/mol. The first-order valence-electron chi connectivity index (χ1n) is 7.98. The predicted molar refractivity (Wildman–Crippen MR) is 96.2 cm³/mol. The molecule has 0 saturated carbocycles. The summed E-state index contributed by atoms with van der Waals surface area (Å²) in [5.41, 5.74) is 2.67. The van der Waals surface area contributed by atoms with Crippen molar-refractivity contribution in [3.63, 3.8) is 0 Å². The maximum atomic E-state index is 12.6. The number of nitrogens with one attached hydrogen (secondary N) is 1. The second-order valence-corrected chi connectivity index (χ2v) is 6.07. The SMILES string of the molecule is COC(=O)c1cc(C(=O)NC(C)c2cc(C)ccc2C)cc([N+](=O)[O-])c1. The Kier molecular flexibility index (Phi) is 5.71. The first-order chi connectivity index (χ1) is 12.2. The van der Waals surface area contributed by atoms with Gasteiger partial charge in [0.25, 0.3) is 11.6 Å². The van der Waals surface area contributed by atoms with Gasteiger partial charge in [-0.25, -0.2) is 4.79 Å². The zero-order chi connectivity index (χ0) is 19.4. The lowest BCUT2D eigenvalue weighted by Crippen LogP contribution is -2.27. The van der Waals surface area contributed by atoms with Crippen molar-refractivity contribution in [2.24, 2.45) is 0 Å². The first kappa shape index (κ1) is 19.1. The molecule has 26 heavy (non-hydrogen) atoms. The Morgan fingerprint density at radius 3 is 2.38 bits per heavy atom. The minimum atomic E-state index is -0.745. The molecule has 0 saturated heterocycles. The summed E-state index contributed by atoms with van der Waals surface area (Å²) in [6, 6.07) is 9.13. The third kappa shape index (κ3) is 4.24. The number of nitrogens with zero attached hydrogens (tertiary/aromatic N) is 1. The number of hydrogen-bond donors (Lipinski definition) is 1. The van der Waals surface area contributed by atoms with Gasteiger partial charge in [-0.1, -0.05) is 23.8 Å². The van der Waals surface area contributed by atoms with Crippen LogP contribution in [0.4, 0.5) is 5.69 Å². The monoisotopic (exact) mass is 356 g/mol. The van der Waals surface area contributed by atoms with Crippen LogP contribution in [0.3, 0.4) is 0 Å². The van der Waals surface area contributed by atoms with Gasteiger partial charge >= 0.3 is 5.97 Å². The maximum absolute atomic E-state index is 12.6. The lowest BCUT2D eigenvalue weighted by molar-refractivity contribution is -0.384. The van der Waals surface area contributed by atoms with Crippen LogP contribution in [0.15, 0.2) is 36.4 Å². The number of esters is 1. The number of carbonyl (C=O) groups is 2. The van der Waals surface area contributed by atoms with Crippen molar-refractivity contribution in [3.05, 3.63) is 74.3 Å². The predicted octanol–water partition coefficient (Wildman–Crippen LogP) is 3.49. The van der Waals surface area contributed by atoms with Crippen molar-refractivity contribution in [2.45, 2.75) is 26.8 Å². The fraction of sp³-hybridized carbons (Fsp3) is 0.263. The van der Waals surface area contributed by atoms with Crippen LogP contribution in [0.2, 0.25) is 0 Å². The highest BCUT2D eigenvalue weighted by atomic mass is 16.6. The summed E-state index contributed by atoms with van der Waals surface area (Å²) in [4.78, 5) is 34.7. The number of amides is 1. The van der Waals surface area contributed by atoms with E-state index in [1.807, 2.05) is 39.0 Å². The summed E-state index contributed by atoms with van der Waals surface area (Å²) < 4.78 is 4.59. The summed E-state index contributed by atoms with van der Waals surface area (Å²) >= 11 is 0. The lowest BCUT2D eigenvalue weighted by Gasteiger charge is -2.17. The van der Waals surface area contributed by atoms with Gasteiger partial charge < -0.3 is 10.1 Å². The molecule has 7 heteroatoms. The summed E-state index contributed by atoms with van der Waals surface area (Å²) in [6.07, 6.45) is 0. The Balaban J connectivity index is 2.33. The number of non-ortho nitro benzene ring substituents is 1. The van der Waals surface area contributed by atoms with Crippen LogP contribution in [0, 0.1) is 24.0 Å². The Morgan fingerprint density at radius 2 is 1.77 bits per heavy atom. The van der Waals surface area contributed by atoms with Crippen LogP contribution in [-0.2, 0) is 4.74 Å². The smallest absolute Gasteiger partial charge is 0.338 e. The van der Waals surface area contributed by atoms with Crippen molar-refractivity contribution in [3.8, 4) is 0 Å². The molecule has 7 nitrogen and oxygen atoms in total. The fourth-order valence-corrected chi connectivity index (χ4v) is 2.67. The summed E-state index contributed by atoms with van der Waals surface area (Å²) in [6.45, 7) is 5.74. The van der Waals surface area contributed by atoms with E-state index in [0.29, 0.717) is 0 Å². The Labute approximate surface area is 151 Å². The number of nitro benzene ring substituents is 1. The van der Waals surface area contributed by atoms with Crippen LogP contribution >= 0.6 is 0 Å². The van der Waals surface area contributed by atoms with Crippen LogP contribution < -0.4 is 5.32 Å². The zero-order valence-electron chi connectivity index (χ0n) is 15.0. The van der Waals surface area contributed by atoms with Crippen molar-refractivity contribution in [1.29, 1.82) is 0 Å². The number of aryl methyl sites for hydroxylation is 2. The molecule has 0 bridgehead atoms. The van der Waals surface area contributed by atoms with Crippen molar-refractivity contribution in [1.82, 2.24) is 5.32 Å². The minimum Gasteiger partial charge on any atom is -0.465 e. The number of benzene rings is 2. The summed E-state index contributed by atoms with van der Waals surface area (Å²) in [5.74, 6) is -1.25. The Bertz CT molecular complexity index is 876. The molecule has 0 aliphatic rings. The quantitative estimate of drug-likeness (QED) is 0.502. The molecule has 0 radical (unpaired) electrons. The van der Waals surface area contributed by atoms with Gasteiger partial charge in [-0.3, -0.25) is 14.9 Å². The Morgan fingerprint density at radius 1 is 1.12 bits per heavy atom. The van der Waals surface area contributed by atoms with E-state index in [0.717, 1.165) is 28.8 Å². The third-order valence-electron chi connectivity index (χ3n) is 4.06. The van der Waals surface area contributed by atoms with Gasteiger partial charge in [0.1, 0.15) is 0 Å². The van der Waals surface area contributed by atoms with E-state index in [1.54, 1.807) is 0 Å². The standard InChI is InChI=1S/C19H20N2O5/c1-11-5-6-12(2)17(7-11)13(3)20-18(22)14-8-15(19(23)26-4)10-16(9-14)21(24)25/h5-10,13H,1-4H3,(H,20,22). The topological polar surface area (TPSA) is 98.5 Å². The van der Waals surface area contributed by atoms with Crippen LogP contribution in [0.25, 0.3) is 0 Å². The second kappa shape index (κ2) is 7.77. The third-order valence-corrected chi connectivity index (χ3v) is 4.06. The molecule has 1 amide bonds. The average Bonchev–Trinajstić information content (AvgIpc) is 2.62. The largest absolute Gasteiger partial charge is 0.465 e. The van der Waals surface area contributed by atoms with E-state index in [9.17, 15) is 19.7 Å². The number of nitro groups is 1. The molecule has 0 aromatic heterocycles. The van der Waals surface area contributed by atoms with Crippen molar-refractivity contribution >= 4 is 17.6 Å². The van der Waals surface area contributed by atoms with Gasteiger partial charge in [-0.05, 0) is 38.0 Å². The lowest BCUT2D eigenvalue weighted by atomic mass is 9.99. The van der Waals surface area contributed by atoms with E-state index in [4.69, 9.17) is 0 Å². The van der Waals surface area contributed by atoms with E-state index in [1.165, 1.54) is 13.2 Å². The highest BCUT2D eigenvalue weighted by molar-refractivity contribution is 5.99.